The van der Waals surface area contributed by atoms with Gasteiger partial charge in [-0.25, -0.2) is 4.98 Å². The molecule has 1 aliphatic rings. The lowest BCUT2D eigenvalue weighted by molar-refractivity contribution is -0.119. The lowest BCUT2D eigenvalue weighted by Crippen LogP contribution is -2.44. The highest BCUT2D eigenvalue weighted by Gasteiger charge is 2.38. The Kier molecular flexibility index (Phi) is 3.52. The van der Waals surface area contributed by atoms with Crippen LogP contribution in [0, 0.1) is 12.8 Å². The molecule has 0 spiro atoms. The molecule has 1 aliphatic heterocycles. The first-order chi connectivity index (χ1) is 8.01. The number of amides is 1. The molecule has 0 radical (unpaired) electrons. The molecule has 94 valence electrons. The highest BCUT2D eigenvalue weighted by molar-refractivity contribution is 7.09. The van der Waals surface area contributed by atoms with E-state index in [9.17, 15) is 4.79 Å². The number of aromatic nitrogens is 1. The van der Waals surface area contributed by atoms with Crippen LogP contribution in [0.25, 0.3) is 0 Å². The van der Waals surface area contributed by atoms with Gasteiger partial charge in [0.25, 0.3) is 0 Å². The maximum absolute atomic E-state index is 11.5. The van der Waals surface area contributed by atoms with E-state index in [4.69, 9.17) is 0 Å². The third-order valence-electron chi connectivity index (χ3n) is 3.38. The van der Waals surface area contributed by atoms with Crippen molar-refractivity contribution in [3.05, 3.63) is 16.1 Å². The van der Waals surface area contributed by atoms with E-state index in [1.54, 1.807) is 11.3 Å². The quantitative estimate of drug-likeness (QED) is 0.895. The molecule has 1 aromatic heterocycles. The molecular formula is C13H20N2OS. The van der Waals surface area contributed by atoms with Crippen LogP contribution < -0.4 is 5.32 Å². The Labute approximate surface area is 107 Å². The standard InChI is InChI=1S/C13H20N2OS/c1-9(2)6-13(5-4-12(16)15-13)7-11-10(3)14-8-17-11/h8-9H,4-7H2,1-3H3,(H,15,16). The monoisotopic (exact) mass is 252 g/mol. The van der Waals surface area contributed by atoms with Gasteiger partial charge in [-0.2, -0.15) is 0 Å². The van der Waals surface area contributed by atoms with Crippen molar-refractivity contribution < 1.29 is 4.79 Å². The third-order valence-corrected chi connectivity index (χ3v) is 4.31. The van der Waals surface area contributed by atoms with Gasteiger partial charge in [-0.3, -0.25) is 4.79 Å². The van der Waals surface area contributed by atoms with Crippen LogP contribution in [0.15, 0.2) is 5.51 Å². The van der Waals surface area contributed by atoms with Gasteiger partial charge in [-0.15, -0.1) is 11.3 Å². The molecular weight excluding hydrogens is 232 g/mol. The zero-order valence-electron chi connectivity index (χ0n) is 10.7. The molecule has 2 rings (SSSR count). The topological polar surface area (TPSA) is 42.0 Å². The molecule has 1 fully saturated rings. The smallest absolute Gasteiger partial charge is 0.220 e. The lowest BCUT2D eigenvalue weighted by Gasteiger charge is -2.30. The minimum absolute atomic E-state index is 0.0253. The number of nitrogens with one attached hydrogen (secondary N) is 1. The molecule has 1 N–H and O–H groups in total. The second-order valence-corrected chi connectivity index (χ2v) is 6.40. The summed E-state index contributed by atoms with van der Waals surface area (Å²) in [5, 5.41) is 3.20. The van der Waals surface area contributed by atoms with Crippen molar-refractivity contribution in [3.8, 4) is 0 Å². The van der Waals surface area contributed by atoms with E-state index in [1.807, 2.05) is 12.4 Å². The van der Waals surface area contributed by atoms with E-state index < -0.39 is 0 Å². The Morgan fingerprint density at radius 2 is 2.35 bits per heavy atom. The Morgan fingerprint density at radius 1 is 1.59 bits per heavy atom. The van der Waals surface area contributed by atoms with E-state index in [2.05, 4.69) is 24.1 Å². The molecule has 4 heteroatoms. The van der Waals surface area contributed by atoms with E-state index in [1.165, 1.54) is 4.88 Å². The van der Waals surface area contributed by atoms with Crippen molar-refractivity contribution in [2.24, 2.45) is 5.92 Å². The van der Waals surface area contributed by atoms with E-state index in [0.29, 0.717) is 12.3 Å². The first-order valence-corrected chi connectivity index (χ1v) is 7.09. The fourth-order valence-electron chi connectivity index (χ4n) is 2.72. The normalized spacial score (nSPS) is 24.4. The molecule has 3 nitrogen and oxygen atoms in total. The third kappa shape index (κ3) is 2.86. The van der Waals surface area contributed by atoms with E-state index in [0.717, 1.165) is 25.0 Å². The Hall–Kier alpha value is -0.900. The van der Waals surface area contributed by atoms with Gasteiger partial charge in [0.2, 0.25) is 5.91 Å². The number of carbonyl (C=O) groups excluding carboxylic acids is 1. The van der Waals surface area contributed by atoms with Gasteiger partial charge in [0, 0.05) is 23.3 Å². The predicted octanol–water partition coefficient (Wildman–Crippen LogP) is 2.69. The number of nitrogens with zero attached hydrogens (tertiary/aromatic N) is 1. The van der Waals surface area contributed by atoms with Crippen molar-refractivity contribution in [1.29, 1.82) is 0 Å². The van der Waals surface area contributed by atoms with Crippen LogP contribution in [-0.4, -0.2) is 16.4 Å². The molecule has 2 heterocycles. The molecule has 0 saturated carbocycles. The maximum atomic E-state index is 11.5. The van der Waals surface area contributed by atoms with Gasteiger partial charge in [0.1, 0.15) is 0 Å². The Bertz CT molecular complexity index is 413. The minimum Gasteiger partial charge on any atom is -0.350 e. The first-order valence-electron chi connectivity index (χ1n) is 6.21. The molecule has 1 aromatic rings. The average molecular weight is 252 g/mol. The number of hydrogen-bond donors (Lipinski definition) is 1. The first kappa shape index (κ1) is 12.6. The van der Waals surface area contributed by atoms with Crippen LogP contribution in [0.4, 0.5) is 0 Å². The number of carbonyl (C=O) groups is 1. The molecule has 1 saturated heterocycles. The summed E-state index contributed by atoms with van der Waals surface area (Å²) in [5.41, 5.74) is 2.98. The second kappa shape index (κ2) is 4.77. The second-order valence-electron chi connectivity index (χ2n) is 5.46. The van der Waals surface area contributed by atoms with Gasteiger partial charge in [0.05, 0.1) is 11.2 Å². The molecule has 17 heavy (non-hydrogen) atoms. The van der Waals surface area contributed by atoms with Crippen molar-refractivity contribution in [3.63, 3.8) is 0 Å². The van der Waals surface area contributed by atoms with Gasteiger partial charge >= 0.3 is 0 Å². The fourth-order valence-corrected chi connectivity index (χ4v) is 3.64. The summed E-state index contributed by atoms with van der Waals surface area (Å²) in [4.78, 5) is 17.1. The van der Waals surface area contributed by atoms with Crippen molar-refractivity contribution in [1.82, 2.24) is 10.3 Å². The summed E-state index contributed by atoms with van der Waals surface area (Å²) in [6, 6.07) is 0. The fraction of sp³-hybridized carbons (Fsp3) is 0.692. The van der Waals surface area contributed by atoms with Crippen molar-refractivity contribution in [2.45, 2.75) is 52.0 Å². The molecule has 1 atom stereocenters. The van der Waals surface area contributed by atoms with E-state index >= 15 is 0 Å². The largest absolute Gasteiger partial charge is 0.350 e. The van der Waals surface area contributed by atoms with Crippen LogP contribution in [0.2, 0.25) is 0 Å². The minimum atomic E-state index is -0.0253. The number of rotatable bonds is 4. The van der Waals surface area contributed by atoms with E-state index in [-0.39, 0.29) is 11.4 Å². The molecule has 0 aromatic carbocycles. The average Bonchev–Trinajstić information content (AvgIpc) is 2.75. The van der Waals surface area contributed by atoms with Crippen LogP contribution in [0.1, 0.15) is 43.7 Å². The van der Waals surface area contributed by atoms with Gasteiger partial charge < -0.3 is 5.32 Å². The van der Waals surface area contributed by atoms with Crippen LogP contribution in [0.5, 0.6) is 0 Å². The van der Waals surface area contributed by atoms with Gasteiger partial charge in [-0.1, -0.05) is 13.8 Å². The zero-order valence-corrected chi connectivity index (χ0v) is 11.6. The van der Waals surface area contributed by atoms with Crippen molar-refractivity contribution in [2.75, 3.05) is 0 Å². The maximum Gasteiger partial charge on any atom is 0.220 e. The van der Waals surface area contributed by atoms with Crippen LogP contribution >= 0.6 is 11.3 Å². The summed E-state index contributed by atoms with van der Waals surface area (Å²) in [6.07, 6.45) is 3.62. The molecule has 0 bridgehead atoms. The van der Waals surface area contributed by atoms with Crippen molar-refractivity contribution >= 4 is 17.2 Å². The number of aryl methyl sites for hydroxylation is 1. The predicted molar refractivity (Wildman–Crippen MR) is 70.1 cm³/mol. The molecule has 1 unspecified atom stereocenters. The Balaban J connectivity index is 2.17. The summed E-state index contributed by atoms with van der Waals surface area (Å²) in [6.45, 7) is 6.48. The summed E-state index contributed by atoms with van der Waals surface area (Å²) < 4.78 is 0. The molecule has 0 aliphatic carbocycles. The summed E-state index contributed by atoms with van der Waals surface area (Å²) >= 11 is 1.70. The Morgan fingerprint density at radius 3 is 2.82 bits per heavy atom. The lowest BCUT2D eigenvalue weighted by atomic mass is 9.84. The zero-order chi connectivity index (χ0) is 12.5. The number of hydrogen-bond acceptors (Lipinski definition) is 3. The molecule has 1 amide bonds. The van der Waals surface area contributed by atoms with Gasteiger partial charge in [-0.05, 0) is 25.7 Å². The number of thiazole rings is 1. The summed E-state index contributed by atoms with van der Waals surface area (Å²) in [5.74, 6) is 0.800. The van der Waals surface area contributed by atoms with Gasteiger partial charge in [0.15, 0.2) is 0 Å². The SMILES string of the molecule is Cc1ncsc1CC1(CC(C)C)CCC(=O)N1. The van der Waals surface area contributed by atoms with Crippen LogP contribution in [-0.2, 0) is 11.2 Å². The van der Waals surface area contributed by atoms with Crippen LogP contribution in [0.3, 0.4) is 0 Å². The highest BCUT2D eigenvalue weighted by atomic mass is 32.1. The summed E-state index contributed by atoms with van der Waals surface area (Å²) in [7, 11) is 0. The highest BCUT2D eigenvalue weighted by Crippen LogP contribution is 2.32.